The normalized spacial score (nSPS) is 24.7. The third kappa shape index (κ3) is 5.28. The molecule has 0 aliphatic carbocycles. The fourth-order valence-electron chi connectivity index (χ4n) is 7.45. The molecule has 3 aliphatic rings. The molecule has 11 heteroatoms. The van der Waals surface area contributed by atoms with E-state index in [9.17, 15) is 13.9 Å². The van der Waals surface area contributed by atoms with Gasteiger partial charge in [-0.1, -0.05) is 18.9 Å². The van der Waals surface area contributed by atoms with Gasteiger partial charge in [-0.25, -0.2) is 18.2 Å². The molecule has 0 saturated carbocycles. The average molecular weight is 656 g/mol. The van der Waals surface area contributed by atoms with Gasteiger partial charge < -0.3 is 25.0 Å². The number of halogens is 3. The van der Waals surface area contributed by atoms with E-state index in [4.69, 9.17) is 26.7 Å². The van der Waals surface area contributed by atoms with Gasteiger partial charge >= 0.3 is 6.01 Å². The zero-order chi connectivity index (χ0) is 36.2. The number of fused-ring (bicyclic) bond motifs is 4. The molecule has 2 aromatic heterocycles. The highest BCUT2D eigenvalue weighted by Crippen LogP contribution is 2.42. The minimum Gasteiger partial charge on any atom is -0.508 e. The molecule has 8 nitrogen and oxygen atoms in total. The summed E-state index contributed by atoms with van der Waals surface area (Å²) in [5.74, 6) is 3.30. The SMILES string of the molecule is [2H]C([2H])([2H])N1CC/C(=C\F)[C@](CC)(COc2nc(N3C[C@H]4CC[C@@H](C3)N4)c3c(C#C)nc(-c4cc(O)cc5ccc(F)c(C#C)c45)c(F)c3n2)C1. The molecule has 4 aromatic rings. The lowest BCUT2D eigenvalue weighted by Gasteiger charge is -2.42. The number of aromatic hydroxyl groups is 1. The summed E-state index contributed by atoms with van der Waals surface area (Å²) in [5, 5.41) is 14.9. The second-order valence-electron chi connectivity index (χ2n) is 12.8. The lowest BCUT2D eigenvalue weighted by molar-refractivity contribution is 0.0913. The molecule has 2 N–H and O–H groups in total. The van der Waals surface area contributed by atoms with Crippen LogP contribution in [0.4, 0.5) is 19.0 Å². The molecule has 0 amide bonds. The van der Waals surface area contributed by atoms with Crippen LogP contribution in [0.25, 0.3) is 32.9 Å². The number of nitrogens with zero attached hydrogens (tertiary/aromatic N) is 5. The monoisotopic (exact) mass is 655 g/mol. The van der Waals surface area contributed by atoms with Gasteiger partial charge in [0.2, 0.25) is 0 Å². The van der Waals surface area contributed by atoms with Crippen molar-refractivity contribution in [3.63, 3.8) is 0 Å². The Morgan fingerprint density at radius 2 is 1.94 bits per heavy atom. The molecular formula is C37H35F3N6O2. The van der Waals surface area contributed by atoms with Gasteiger partial charge in [0, 0.05) is 58.7 Å². The smallest absolute Gasteiger partial charge is 0.319 e. The number of ether oxygens (including phenoxy) is 1. The summed E-state index contributed by atoms with van der Waals surface area (Å²) < 4.78 is 76.6. The minimum absolute atomic E-state index is 0.000334. The highest BCUT2D eigenvalue weighted by atomic mass is 19.1. The van der Waals surface area contributed by atoms with Gasteiger partial charge in [0.05, 0.1) is 17.3 Å². The molecule has 3 saturated heterocycles. The largest absolute Gasteiger partial charge is 0.508 e. The molecule has 2 bridgehead atoms. The molecule has 0 spiro atoms. The predicted octanol–water partition coefficient (Wildman–Crippen LogP) is 5.70. The van der Waals surface area contributed by atoms with Crippen molar-refractivity contribution < 1.29 is 27.1 Å². The summed E-state index contributed by atoms with van der Waals surface area (Å²) in [7, 11) is 0. The Morgan fingerprint density at radius 3 is 2.62 bits per heavy atom. The van der Waals surface area contributed by atoms with Crippen LogP contribution in [-0.2, 0) is 0 Å². The standard InChI is InChI=1S/C37H35F3N6O2/c1-5-26-28(39)11-8-21-14-25(47)15-27(30(21)26)33-32(40)34-31(29(6-2)42-33)35(46-17-23-9-10-24(18-46)41-23)44-36(43-34)48-20-37(7-3)19-45(4)13-12-22(37)16-38/h1-2,8,11,14-16,23-24,41,47H,7,9-10,12-13,17-20H2,3-4H3/b22-16+/t23-,24+,37-/m0/s1/i4D3. The number of phenolic OH excluding ortho intramolecular Hbond substituents is 1. The van der Waals surface area contributed by atoms with Crippen LogP contribution in [-0.4, -0.2) is 76.8 Å². The Hall–Kier alpha value is -4.84. The maximum absolute atomic E-state index is 17.1. The lowest BCUT2D eigenvalue weighted by atomic mass is 9.74. The second-order valence-corrected chi connectivity index (χ2v) is 12.8. The number of hydrogen-bond donors (Lipinski definition) is 2. The molecule has 48 heavy (non-hydrogen) atoms. The Morgan fingerprint density at radius 1 is 1.15 bits per heavy atom. The summed E-state index contributed by atoms with van der Waals surface area (Å²) >= 11 is 0. The van der Waals surface area contributed by atoms with Gasteiger partial charge in [-0.15, -0.1) is 12.8 Å². The number of hydrogen-bond acceptors (Lipinski definition) is 8. The van der Waals surface area contributed by atoms with E-state index in [0.29, 0.717) is 42.6 Å². The van der Waals surface area contributed by atoms with Crippen LogP contribution in [0.3, 0.4) is 0 Å². The molecule has 5 heterocycles. The van der Waals surface area contributed by atoms with E-state index in [1.807, 2.05) is 11.8 Å². The second kappa shape index (κ2) is 12.3. The first-order valence-corrected chi connectivity index (χ1v) is 15.9. The van der Waals surface area contributed by atoms with E-state index in [1.54, 1.807) is 0 Å². The molecule has 3 aliphatic heterocycles. The Labute approximate surface area is 281 Å². The van der Waals surface area contributed by atoms with E-state index in [2.05, 4.69) is 27.1 Å². The first-order chi connectivity index (χ1) is 24.4. The van der Waals surface area contributed by atoms with Gasteiger partial charge in [0.25, 0.3) is 0 Å². The topological polar surface area (TPSA) is 86.6 Å². The molecule has 3 fully saturated rings. The number of aromatic nitrogens is 3. The molecule has 2 aromatic carbocycles. The quantitative estimate of drug-likeness (QED) is 0.256. The fourth-order valence-corrected chi connectivity index (χ4v) is 7.45. The minimum atomic E-state index is -2.40. The van der Waals surface area contributed by atoms with Crippen molar-refractivity contribution in [1.29, 1.82) is 0 Å². The summed E-state index contributed by atoms with van der Waals surface area (Å²) in [6.07, 6.45) is 14.7. The highest BCUT2D eigenvalue weighted by Gasteiger charge is 2.39. The lowest BCUT2D eigenvalue weighted by Crippen LogP contribution is -2.51. The van der Waals surface area contributed by atoms with Crippen LogP contribution in [0.15, 0.2) is 36.2 Å². The average Bonchev–Trinajstić information content (AvgIpc) is 3.46. The number of piperazine rings is 1. The predicted molar refractivity (Wildman–Crippen MR) is 179 cm³/mol. The number of rotatable bonds is 6. The van der Waals surface area contributed by atoms with E-state index >= 15 is 4.39 Å². The number of nitrogens with one attached hydrogen (secondary N) is 1. The number of likely N-dealkylation sites (tertiary alicyclic amines) is 1. The molecule has 0 unspecified atom stereocenters. The molecule has 7 rings (SSSR count). The first-order valence-electron chi connectivity index (χ1n) is 17.4. The summed E-state index contributed by atoms with van der Waals surface area (Å²) in [6, 6.07) is 5.30. The zero-order valence-electron chi connectivity index (χ0n) is 29.3. The third-order valence-corrected chi connectivity index (χ3v) is 9.96. The Balaban J connectivity index is 1.42. The zero-order valence-corrected chi connectivity index (χ0v) is 26.3. The van der Waals surface area contributed by atoms with Crippen molar-refractivity contribution in [1.82, 2.24) is 25.2 Å². The molecule has 3 atom stereocenters. The number of piperidine rings is 1. The van der Waals surface area contributed by atoms with Crippen LogP contribution in [0.5, 0.6) is 11.8 Å². The van der Waals surface area contributed by atoms with Gasteiger partial charge in [-0.3, -0.25) is 0 Å². The summed E-state index contributed by atoms with van der Waals surface area (Å²) in [6.45, 7) is 0.473. The van der Waals surface area contributed by atoms with Gasteiger partial charge in [-0.2, -0.15) is 9.97 Å². The van der Waals surface area contributed by atoms with Gasteiger partial charge in [0.1, 0.15) is 40.9 Å². The number of phenols is 1. The maximum Gasteiger partial charge on any atom is 0.319 e. The van der Waals surface area contributed by atoms with Crippen molar-refractivity contribution >= 4 is 27.5 Å². The third-order valence-electron chi connectivity index (χ3n) is 9.96. The number of pyridine rings is 1. The van der Waals surface area contributed by atoms with Crippen LogP contribution in [0, 0.1) is 41.7 Å². The Kier molecular flexibility index (Phi) is 7.23. The van der Waals surface area contributed by atoms with E-state index in [1.165, 1.54) is 23.1 Å². The number of benzene rings is 2. The van der Waals surface area contributed by atoms with Crippen molar-refractivity contribution in [2.24, 2.45) is 5.41 Å². The molecule has 246 valence electrons. The summed E-state index contributed by atoms with van der Waals surface area (Å²) in [5.41, 5.74) is -1.30. The van der Waals surface area contributed by atoms with Crippen molar-refractivity contribution in [2.45, 2.75) is 44.7 Å². The summed E-state index contributed by atoms with van der Waals surface area (Å²) in [4.78, 5) is 17.1. The number of terminal acetylenes is 2. The van der Waals surface area contributed by atoms with Crippen molar-refractivity contribution in [3.05, 3.63) is 59.1 Å². The number of anilines is 1. The molecule has 0 radical (unpaired) electrons. The van der Waals surface area contributed by atoms with Crippen molar-refractivity contribution in [2.75, 3.05) is 44.7 Å². The molecular weight excluding hydrogens is 617 g/mol. The van der Waals surface area contributed by atoms with E-state index < -0.39 is 24.0 Å². The van der Waals surface area contributed by atoms with Crippen LogP contribution in [0.2, 0.25) is 0 Å². The van der Waals surface area contributed by atoms with Crippen LogP contribution >= 0.6 is 0 Å². The highest BCUT2D eigenvalue weighted by molar-refractivity contribution is 6.04. The maximum atomic E-state index is 17.1. The van der Waals surface area contributed by atoms with E-state index in [-0.39, 0.29) is 88.8 Å². The fraction of sp³-hybridized carbons (Fsp3) is 0.378. The van der Waals surface area contributed by atoms with Gasteiger partial charge in [0.15, 0.2) is 5.82 Å². The van der Waals surface area contributed by atoms with Crippen LogP contribution in [0.1, 0.15) is 48.0 Å². The van der Waals surface area contributed by atoms with E-state index in [0.717, 1.165) is 18.9 Å². The van der Waals surface area contributed by atoms with Gasteiger partial charge in [-0.05, 0) is 67.7 Å². The van der Waals surface area contributed by atoms with Crippen LogP contribution < -0.4 is 15.0 Å². The van der Waals surface area contributed by atoms with Crippen molar-refractivity contribution in [3.8, 4) is 47.7 Å². The first kappa shape index (κ1) is 28.2. The Bertz CT molecular complexity index is 2170.